The third-order valence-electron chi connectivity index (χ3n) is 6.20. The van der Waals surface area contributed by atoms with Crippen LogP contribution < -0.4 is 5.56 Å². The summed E-state index contributed by atoms with van der Waals surface area (Å²) in [5.74, 6) is 0. The summed E-state index contributed by atoms with van der Waals surface area (Å²) in [7, 11) is 0. The summed E-state index contributed by atoms with van der Waals surface area (Å²) in [6.45, 7) is 0. The highest BCUT2D eigenvalue weighted by Gasteiger charge is 2.24. The van der Waals surface area contributed by atoms with Crippen LogP contribution in [0.25, 0.3) is 60.2 Å². The van der Waals surface area contributed by atoms with Gasteiger partial charge in [-0.1, -0.05) is 30.3 Å². The van der Waals surface area contributed by atoms with Crippen LogP contribution in [0.2, 0.25) is 0 Å². The second-order valence-corrected chi connectivity index (χ2v) is 7.78. The van der Waals surface area contributed by atoms with Crippen molar-refractivity contribution in [2.24, 2.45) is 0 Å². The second kappa shape index (κ2) is 5.60. The van der Waals surface area contributed by atoms with Gasteiger partial charge in [-0.15, -0.1) is 0 Å². The Bertz CT molecular complexity index is 2080. The summed E-state index contributed by atoms with van der Waals surface area (Å²) in [5, 5.41) is 23.8. The first-order chi connectivity index (χ1) is 15.7. The van der Waals surface area contributed by atoms with Crippen molar-refractivity contribution in [2.45, 2.75) is 0 Å². The molecule has 0 unspecified atom stereocenters. The molecule has 0 N–H and O–H groups in total. The number of hydrogen-bond donors (Lipinski definition) is 0. The maximum atomic E-state index is 13.7. The molecular weight excluding hydrogens is 400 g/mol. The highest BCUT2D eigenvalue weighted by Crippen LogP contribution is 2.42. The molecule has 0 amide bonds. The van der Waals surface area contributed by atoms with E-state index in [0.29, 0.717) is 65.9 Å². The number of imidazole rings is 1. The van der Waals surface area contributed by atoms with Crippen LogP contribution in [0.15, 0.2) is 69.9 Å². The molecule has 0 saturated heterocycles. The zero-order valence-corrected chi connectivity index (χ0v) is 16.4. The van der Waals surface area contributed by atoms with E-state index in [1.165, 1.54) is 0 Å². The van der Waals surface area contributed by atoms with Gasteiger partial charge in [0.1, 0.15) is 17.3 Å². The van der Waals surface area contributed by atoms with Crippen molar-refractivity contribution in [3.05, 3.63) is 82.1 Å². The fourth-order valence-corrected chi connectivity index (χ4v) is 4.91. The SMILES string of the molecule is N#Cc1cc2c3c(cc(C#N)c4c5ccccc5oc1c43)c(=O)n1c3ccccc3nc21. The van der Waals surface area contributed by atoms with E-state index in [-0.39, 0.29) is 5.56 Å². The zero-order chi connectivity index (χ0) is 21.6. The third-order valence-corrected chi connectivity index (χ3v) is 6.20. The van der Waals surface area contributed by atoms with Crippen LogP contribution in [-0.2, 0) is 0 Å². The lowest BCUT2D eigenvalue weighted by molar-refractivity contribution is 0.661. The Morgan fingerprint density at radius 3 is 2.41 bits per heavy atom. The number of nitrogens with zero attached hydrogens (tertiary/aromatic N) is 4. The molecular formula is C26H10N4O2. The predicted octanol–water partition coefficient (Wildman–Crippen LogP) is 5.23. The average molecular weight is 410 g/mol. The highest BCUT2D eigenvalue weighted by atomic mass is 16.3. The Morgan fingerprint density at radius 2 is 1.56 bits per heavy atom. The van der Waals surface area contributed by atoms with Crippen molar-refractivity contribution < 1.29 is 4.42 Å². The number of benzene rings is 4. The Labute approximate surface area is 179 Å². The van der Waals surface area contributed by atoms with E-state index in [1.54, 1.807) is 16.5 Å². The van der Waals surface area contributed by atoms with Gasteiger partial charge >= 0.3 is 0 Å². The molecule has 0 fully saturated rings. The fraction of sp³-hybridized carbons (Fsp3) is 0. The molecule has 3 heterocycles. The Balaban J connectivity index is 1.94. The van der Waals surface area contributed by atoms with Crippen molar-refractivity contribution in [1.82, 2.24) is 9.38 Å². The molecule has 7 rings (SSSR count). The summed E-state index contributed by atoms with van der Waals surface area (Å²) in [4.78, 5) is 18.4. The van der Waals surface area contributed by atoms with Crippen molar-refractivity contribution in [1.29, 1.82) is 10.5 Å². The molecule has 6 nitrogen and oxygen atoms in total. The topological polar surface area (TPSA) is 95.1 Å². The standard InChI is InChI=1S/C26H10N4O2/c27-11-13-9-17-22-16(25-29-18-6-2-3-7-19(18)30(25)26(17)31)10-14(12-28)24-23(22)21(13)15-5-1-4-8-20(15)32-24/h1-10H. The molecule has 0 aliphatic rings. The quantitative estimate of drug-likeness (QED) is 0.252. The van der Waals surface area contributed by atoms with Gasteiger partial charge in [0.2, 0.25) is 0 Å². The van der Waals surface area contributed by atoms with Gasteiger partial charge in [0.15, 0.2) is 5.58 Å². The largest absolute Gasteiger partial charge is 0.455 e. The maximum absolute atomic E-state index is 13.7. The summed E-state index contributed by atoms with van der Waals surface area (Å²) >= 11 is 0. The first-order valence-electron chi connectivity index (χ1n) is 9.99. The maximum Gasteiger partial charge on any atom is 0.264 e. The van der Waals surface area contributed by atoms with Crippen molar-refractivity contribution >= 4 is 60.2 Å². The average Bonchev–Trinajstić information content (AvgIpc) is 3.23. The van der Waals surface area contributed by atoms with Crippen molar-refractivity contribution in [3.63, 3.8) is 0 Å². The van der Waals surface area contributed by atoms with E-state index >= 15 is 0 Å². The summed E-state index contributed by atoms with van der Waals surface area (Å²) < 4.78 is 7.73. The molecule has 0 spiro atoms. The number of nitriles is 2. The second-order valence-electron chi connectivity index (χ2n) is 7.78. The first-order valence-corrected chi connectivity index (χ1v) is 9.99. The van der Waals surface area contributed by atoms with E-state index in [1.807, 2.05) is 48.5 Å². The molecule has 0 atom stereocenters. The minimum atomic E-state index is -0.251. The van der Waals surface area contributed by atoms with Gasteiger partial charge in [-0.2, -0.15) is 10.5 Å². The van der Waals surface area contributed by atoms with Crippen LogP contribution in [0.1, 0.15) is 11.1 Å². The Morgan fingerprint density at radius 1 is 0.812 bits per heavy atom. The van der Waals surface area contributed by atoms with Crippen molar-refractivity contribution in [2.75, 3.05) is 0 Å². The number of pyridine rings is 1. The molecule has 4 aromatic carbocycles. The van der Waals surface area contributed by atoms with Gasteiger partial charge in [-0.05, 0) is 30.3 Å². The minimum absolute atomic E-state index is 0.251. The molecule has 7 aromatic rings. The first kappa shape index (κ1) is 16.8. The number of rotatable bonds is 0. The molecule has 0 bridgehead atoms. The van der Waals surface area contributed by atoms with Gasteiger partial charge in [0, 0.05) is 26.9 Å². The van der Waals surface area contributed by atoms with E-state index < -0.39 is 0 Å². The molecule has 32 heavy (non-hydrogen) atoms. The molecule has 0 saturated carbocycles. The van der Waals surface area contributed by atoms with Crippen LogP contribution >= 0.6 is 0 Å². The fourth-order valence-electron chi connectivity index (χ4n) is 4.91. The van der Waals surface area contributed by atoms with E-state index in [4.69, 9.17) is 9.40 Å². The Hall–Kier alpha value is -4.94. The minimum Gasteiger partial charge on any atom is -0.455 e. The van der Waals surface area contributed by atoms with Gasteiger partial charge in [0.05, 0.1) is 33.6 Å². The van der Waals surface area contributed by atoms with E-state index in [0.717, 1.165) is 5.39 Å². The number of aromatic nitrogens is 2. The monoisotopic (exact) mass is 410 g/mol. The van der Waals surface area contributed by atoms with Gasteiger partial charge in [0.25, 0.3) is 5.56 Å². The molecule has 146 valence electrons. The molecule has 0 radical (unpaired) electrons. The van der Waals surface area contributed by atoms with Crippen LogP contribution in [0.4, 0.5) is 0 Å². The number of hydrogen-bond acceptors (Lipinski definition) is 5. The predicted molar refractivity (Wildman–Crippen MR) is 122 cm³/mol. The van der Waals surface area contributed by atoms with Gasteiger partial charge in [-0.25, -0.2) is 4.98 Å². The van der Waals surface area contributed by atoms with Crippen LogP contribution in [0.3, 0.4) is 0 Å². The summed E-state index contributed by atoms with van der Waals surface area (Å²) in [6, 6.07) is 22.7. The van der Waals surface area contributed by atoms with Crippen LogP contribution in [0.5, 0.6) is 0 Å². The number of fused-ring (bicyclic) bond motifs is 6. The van der Waals surface area contributed by atoms with Crippen LogP contribution in [0, 0.1) is 22.7 Å². The number of para-hydroxylation sites is 3. The normalized spacial score (nSPS) is 11.8. The zero-order valence-electron chi connectivity index (χ0n) is 16.4. The summed E-state index contributed by atoms with van der Waals surface area (Å²) in [5.41, 5.74) is 3.25. The van der Waals surface area contributed by atoms with Gasteiger partial charge < -0.3 is 4.42 Å². The Kier molecular flexibility index (Phi) is 2.94. The van der Waals surface area contributed by atoms with Crippen molar-refractivity contribution in [3.8, 4) is 12.1 Å². The summed E-state index contributed by atoms with van der Waals surface area (Å²) in [6.07, 6.45) is 0. The van der Waals surface area contributed by atoms with E-state index in [2.05, 4.69) is 12.1 Å². The molecule has 6 heteroatoms. The van der Waals surface area contributed by atoms with Gasteiger partial charge in [-0.3, -0.25) is 9.20 Å². The molecule has 0 aliphatic carbocycles. The lowest BCUT2D eigenvalue weighted by Gasteiger charge is -2.15. The molecule has 3 aromatic heterocycles. The lowest BCUT2D eigenvalue weighted by atomic mass is 9.91. The lowest BCUT2D eigenvalue weighted by Crippen LogP contribution is -2.14. The molecule has 0 aliphatic heterocycles. The highest BCUT2D eigenvalue weighted by molar-refractivity contribution is 6.30. The van der Waals surface area contributed by atoms with E-state index in [9.17, 15) is 15.3 Å². The van der Waals surface area contributed by atoms with Crippen LogP contribution in [-0.4, -0.2) is 9.38 Å². The smallest absolute Gasteiger partial charge is 0.264 e. The third kappa shape index (κ3) is 1.83.